The van der Waals surface area contributed by atoms with Crippen molar-refractivity contribution in [2.75, 3.05) is 0 Å². The number of carbonyl (C=O) groups is 1. The van der Waals surface area contributed by atoms with Gasteiger partial charge in [0.1, 0.15) is 0 Å². The summed E-state index contributed by atoms with van der Waals surface area (Å²) < 4.78 is 0. The molecule has 0 bridgehead atoms. The van der Waals surface area contributed by atoms with Crippen molar-refractivity contribution in [1.29, 1.82) is 0 Å². The summed E-state index contributed by atoms with van der Waals surface area (Å²) in [5, 5.41) is 14.5. The van der Waals surface area contributed by atoms with Crippen LogP contribution in [0.25, 0.3) is 43.9 Å². The van der Waals surface area contributed by atoms with Gasteiger partial charge in [0.05, 0.1) is 5.76 Å². The van der Waals surface area contributed by atoms with Gasteiger partial charge in [-0.15, -0.1) is 23.3 Å². The maximum absolute atomic E-state index is 11.7. The molecule has 0 amide bonds. The molecular weight excluding hydrogens is 829 g/mol. The number of nitrogens with zero attached hydrogens (tertiary/aromatic N) is 2. The van der Waals surface area contributed by atoms with Crippen LogP contribution in [0.3, 0.4) is 0 Å². The van der Waals surface area contributed by atoms with Gasteiger partial charge in [-0.2, -0.15) is 0 Å². The minimum atomic E-state index is -0.477. The molecule has 6 aromatic rings. The van der Waals surface area contributed by atoms with Crippen LogP contribution in [0.5, 0.6) is 0 Å². The number of allylic oxidation sites excluding steroid dienone is 2. The Labute approximate surface area is 328 Å². The van der Waals surface area contributed by atoms with Crippen LogP contribution in [0.15, 0.2) is 109 Å². The first kappa shape index (κ1) is 38.3. The van der Waals surface area contributed by atoms with E-state index in [-0.39, 0.29) is 48.9 Å². The molecule has 0 saturated heterocycles. The Morgan fingerprint density at radius 2 is 1.43 bits per heavy atom. The van der Waals surface area contributed by atoms with Crippen molar-refractivity contribution in [3.8, 4) is 22.4 Å². The van der Waals surface area contributed by atoms with Crippen molar-refractivity contribution in [2.24, 2.45) is 11.8 Å². The van der Waals surface area contributed by atoms with E-state index in [0.29, 0.717) is 0 Å². The number of benzene rings is 4. The number of aromatic nitrogens is 2. The molecule has 273 valence electrons. The van der Waals surface area contributed by atoms with Gasteiger partial charge in [-0.05, 0) is 93.2 Å². The normalized spacial score (nSPS) is 13.7. The number of rotatable bonds is 7. The molecule has 1 radical (unpaired) electrons. The summed E-state index contributed by atoms with van der Waals surface area (Å²) in [5.74, 6) is 0.547. The van der Waals surface area contributed by atoms with Crippen molar-refractivity contribution >= 4 is 27.3 Å². The molecule has 1 N–H and O–H groups in total. The average molecular weight is 878 g/mol. The van der Waals surface area contributed by atoms with Gasteiger partial charge in [0, 0.05) is 55.8 Å². The Bertz CT molecular complexity index is 2300. The maximum atomic E-state index is 11.7. The third-order valence-electron chi connectivity index (χ3n) is 11.5. The largest absolute Gasteiger partial charge is 0.512 e. The maximum Gasteiger partial charge on any atom is 0.162 e. The molecule has 0 aliphatic heterocycles. The molecule has 2 heterocycles. The number of aliphatic hydroxyl groups excluding tert-OH is 1. The predicted molar refractivity (Wildman–Crippen MR) is 215 cm³/mol. The molecule has 53 heavy (non-hydrogen) atoms. The third kappa shape index (κ3) is 6.26. The van der Waals surface area contributed by atoms with Gasteiger partial charge >= 0.3 is 0 Å². The van der Waals surface area contributed by atoms with Gasteiger partial charge in [0.25, 0.3) is 0 Å². The standard InChI is InChI=1S/C35H25N2.C13H24O2.Ir/c1-34(2,3)23-18-21-14-17-37-33-27-13-12-22-20-36-16-15-24(22)32(27)35(30(19-23)31(21)33)28-10-6-4-8-25(28)26-9-5-7-11-29(26)35;1-5-10(6-2)12(14)9-13(15)11(7-3)8-4;/h4-12,14-20H,1-3H3;9-11,14H,5-8H2,1-4H3;/q-1;;/b;12-9-;. The Hall–Kier alpha value is -4.44. The van der Waals surface area contributed by atoms with Crippen LogP contribution >= 0.6 is 0 Å². The van der Waals surface area contributed by atoms with Gasteiger partial charge in [0.2, 0.25) is 0 Å². The summed E-state index contributed by atoms with van der Waals surface area (Å²) in [6.45, 7) is 15.0. The number of ketones is 1. The number of hydrogen-bond donors (Lipinski definition) is 1. The summed E-state index contributed by atoms with van der Waals surface area (Å²) in [4.78, 5) is 21.2. The molecule has 4 nitrogen and oxygen atoms in total. The molecule has 2 aliphatic carbocycles. The zero-order chi connectivity index (χ0) is 36.8. The van der Waals surface area contributed by atoms with E-state index in [4.69, 9.17) is 4.98 Å². The van der Waals surface area contributed by atoms with Gasteiger partial charge in [-0.25, -0.2) is 0 Å². The van der Waals surface area contributed by atoms with Crippen LogP contribution in [-0.4, -0.2) is 20.9 Å². The van der Waals surface area contributed by atoms with Crippen molar-refractivity contribution in [3.63, 3.8) is 0 Å². The summed E-state index contributed by atoms with van der Waals surface area (Å²) >= 11 is 0. The summed E-state index contributed by atoms with van der Waals surface area (Å²) in [6, 6.07) is 32.9. The Morgan fingerprint density at radius 3 is 2.04 bits per heavy atom. The fourth-order valence-electron chi connectivity index (χ4n) is 8.63. The number of hydrogen-bond acceptors (Lipinski definition) is 4. The molecule has 0 atom stereocenters. The minimum absolute atomic E-state index is 0. The van der Waals surface area contributed by atoms with E-state index in [2.05, 4.69) is 111 Å². The Kier molecular flexibility index (Phi) is 10.9. The fraction of sp³-hybridized carbons (Fsp3) is 0.312. The first-order valence-electron chi connectivity index (χ1n) is 19.0. The van der Waals surface area contributed by atoms with E-state index in [1.165, 1.54) is 61.2 Å². The number of aliphatic hydroxyl groups is 1. The molecule has 0 fully saturated rings. The Morgan fingerprint density at radius 1 is 0.811 bits per heavy atom. The summed E-state index contributed by atoms with van der Waals surface area (Å²) in [7, 11) is 0. The van der Waals surface area contributed by atoms with Gasteiger partial charge in [-0.1, -0.05) is 126 Å². The van der Waals surface area contributed by atoms with Crippen molar-refractivity contribution in [2.45, 2.75) is 85.0 Å². The van der Waals surface area contributed by atoms with Gasteiger partial charge < -0.3 is 10.1 Å². The SMILES string of the molecule is CC(C)(C)c1cc2c3c(nccc3c1)-c1[c-]cc3cnccc3c1C21c2ccccc2-c2ccccc21.CCC(CC)C(=O)/C=C(\O)C(CC)CC.[Ir]. The van der Waals surface area contributed by atoms with Gasteiger partial charge in [0.15, 0.2) is 5.78 Å². The molecule has 8 rings (SSSR count). The van der Waals surface area contributed by atoms with Crippen molar-refractivity contribution in [3.05, 3.63) is 143 Å². The zero-order valence-corrected chi connectivity index (χ0v) is 34.3. The number of fused-ring (bicyclic) bond motifs is 11. The molecule has 5 heteroatoms. The molecule has 1 spiro atoms. The van der Waals surface area contributed by atoms with Crippen LogP contribution in [0.4, 0.5) is 0 Å². The number of pyridine rings is 2. The minimum Gasteiger partial charge on any atom is -0.512 e. The average Bonchev–Trinajstić information content (AvgIpc) is 3.44. The monoisotopic (exact) mass is 878 g/mol. The van der Waals surface area contributed by atoms with Gasteiger partial charge in [-0.3, -0.25) is 9.78 Å². The summed E-state index contributed by atoms with van der Waals surface area (Å²) in [6.07, 6.45) is 10.7. The fourth-order valence-corrected chi connectivity index (χ4v) is 8.63. The van der Waals surface area contributed by atoms with Crippen molar-refractivity contribution < 1.29 is 30.0 Å². The van der Waals surface area contributed by atoms with E-state index in [9.17, 15) is 9.90 Å². The number of carbonyl (C=O) groups excluding carboxylic acids is 1. The summed E-state index contributed by atoms with van der Waals surface area (Å²) in [5.41, 5.74) is 10.8. The second-order valence-electron chi connectivity index (χ2n) is 15.4. The van der Waals surface area contributed by atoms with Crippen LogP contribution in [0.1, 0.15) is 102 Å². The van der Waals surface area contributed by atoms with Crippen LogP contribution in [-0.2, 0) is 35.7 Å². The van der Waals surface area contributed by atoms with E-state index < -0.39 is 5.41 Å². The molecular formula is C48H49IrN2O2-. The Balaban J connectivity index is 0.000000258. The molecule has 0 saturated carbocycles. The topological polar surface area (TPSA) is 63.1 Å². The van der Waals surface area contributed by atoms with Crippen LogP contribution in [0.2, 0.25) is 0 Å². The first-order chi connectivity index (χ1) is 25.1. The zero-order valence-electron chi connectivity index (χ0n) is 31.9. The smallest absolute Gasteiger partial charge is 0.162 e. The second-order valence-corrected chi connectivity index (χ2v) is 15.4. The molecule has 0 unspecified atom stereocenters. The molecule has 4 aromatic carbocycles. The molecule has 2 aromatic heterocycles. The third-order valence-corrected chi connectivity index (χ3v) is 11.5. The second kappa shape index (κ2) is 15.1. The first-order valence-corrected chi connectivity index (χ1v) is 19.0. The quantitative estimate of drug-likeness (QED) is 0.0984. The van der Waals surface area contributed by atoms with E-state index in [1.54, 1.807) is 0 Å². The molecule has 2 aliphatic rings. The van der Waals surface area contributed by atoms with E-state index in [1.807, 2.05) is 46.3 Å². The van der Waals surface area contributed by atoms with Crippen molar-refractivity contribution in [1.82, 2.24) is 9.97 Å². The van der Waals surface area contributed by atoms with E-state index >= 15 is 0 Å². The van der Waals surface area contributed by atoms with E-state index in [0.717, 1.165) is 42.3 Å². The van der Waals surface area contributed by atoms with Crippen LogP contribution < -0.4 is 0 Å². The predicted octanol–water partition coefficient (Wildman–Crippen LogP) is 12.1. The van der Waals surface area contributed by atoms with Crippen LogP contribution in [0, 0.1) is 17.9 Å².